The maximum atomic E-state index is 13.6. The zero-order valence-corrected chi connectivity index (χ0v) is 19.1. The van der Waals surface area contributed by atoms with Crippen LogP contribution in [0.1, 0.15) is 39.4 Å². The van der Waals surface area contributed by atoms with Gasteiger partial charge in [0.15, 0.2) is 0 Å². The number of nitrogens with zero attached hydrogens (tertiary/aromatic N) is 8. The molecule has 0 radical (unpaired) electrons. The van der Waals surface area contributed by atoms with Crippen molar-refractivity contribution in [2.75, 3.05) is 6.54 Å². The third kappa shape index (κ3) is 3.07. The van der Waals surface area contributed by atoms with Gasteiger partial charge in [-0.15, -0.1) is 10.2 Å². The van der Waals surface area contributed by atoms with E-state index in [2.05, 4.69) is 34.5 Å². The van der Waals surface area contributed by atoms with Crippen LogP contribution < -0.4 is 5.44 Å². The Labute approximate surface area is 190 Å². The zero-order valence-electron chi connectivity index (χ0n) is 17.9. The number of H-pyrrole nitrogens is 1. The molecule has 0 aromatic carbocycles. The molecule has 5 aromatic heterocycles. The SMILES string of the molecule is Cc1cnn(C)c1-c1nnc(C(=O)N2CCc3[nH]cnc3[C@H]2c2cc3cccc(P)n3n2)o1. The van der Waals surface area contributed by atoms with Crippen molar-refractivity contribution >= 4 is 26.1 Å². The number of rotatable bonds is 3. The molecule has 166 valence electrons. The van der Waals surface area contributed by atoms with E-state index in [4.69, 9.17) is 9.52 Å². The zero-order chi connectivity index (χ0) is 22.7. The van der Waals surface area contributed by atoms with E-state index in [-0.39, 0.29) is 17.7 Å². The Bertz CT molecular complexity index is 1490. The average molecular weight is 461 g/mol. The second kappa shape index (κ2) is 7.35. The molecular weight excluding hydrogens is 441 g/mol. The summed E-state index contributed by atoms with van der Waals surface area (Å²) in [5.74, 6) is -0.189. The first-order valence-corrected chi connectivity index (χ1v) is 11.0. The van der Waals surface area contributed by atoms with Gasteiger partial charge in [0.2, 0.25) is 0 Å². The minimum Gasteiger partial charge on any atom is -0.411 e. The number of aromatic nitrogens is 8. The highest BCUT2D eigenvalue weighted by atomic mass is 31.0. The van der Waals surface area contributed by atoms with Crippen LogP contribution in [0.3, 0.4) is 0 Å². The van der Waals surface area contributed by atoms with E-state index in [0.717, 1.165) is 27.9 Å². The van der Waals surface area contributed by atoms with Gasteiger partial charge in [-0.1, -0.05) is 15.3 Å². The largest absolute Gasteiger partial charge is 0.411 e. The lowest BCUT2D eigenvalue weighted by Crippen LogP contribution is -2.41. The number of imidazole rings is 1. The Kier molecular flexibility index (Phi) is 4.41. The van der Waals surface area contributed by atoms with Gasteiger partial charge in [-0.3, -0.25) is 9.48 Å². The fourth-order valence-corrected chi connectivity index (χ4v) is 4.69. The summed E-state index contributed by atoms with van der Waals surface area (Å²) in [6, 6.07) is 7.39. The molecule has 6 rings (SSSR count). The first-order chi connectivity index (χ1) is 16.0. The molecule has 33 heavy (non-hydrogen) atoms. The minimum atomic E-state index is -0.481. The van der Waals surface area contributed by atoms with Crippen molar-refractivity contribution in [1.82, 2.24) is 44.5 Å². The highest BCUT2D eigenvalue weighted by Gasteiger charge is 2.38. The van der Waals surface area contributed by atoms with E-state index in [0.29, 0.717) is 24.4 Å². The number of aromatic amines is 1. The molecule has 1 amide bonds. The van der Waals surface area contributed by atoms with Crippen LogP contribution in [-0.2, 0) is 13.5 Å². The van der Waals surface area contributed by atoms with Gasteiger partial charge in [-0.2, -0.15) is 10.2 Å². The van der Waals surface area contributed by atoms with Crippen molar-refractivity contribution in [2.45, 2.75) is 19.4 Å². The van der Waals surface area contributed by atoms with E-state index in [9.17, 15) is 4.79 Å². The molecule has 1 aliphatic rings. The number of amides is 1. The molecule has 0 saturated heterocycles. The van der Waals surface area contributed by atoms with Gasteiger partial charge in [0.25, 0.3) is 5.89 Å². The molecule has 0 fully saturated rings. The number of hydrogen-bond acceptors (Lipinski definition) is 7. The summed E-state index contributed by atoms with van der Waals surface area (Å²) in [6.45, 7) is 2.36. The number of carbonyl (C=O) groups is 1. The Morgan fingerprint density at radius 2 is 2.18 bits per heavy atom. The Morgan fingerprint density at radius 3 is 2.97 bits per heavy atom. The topological polar surface area (TPSA) is 123 Å². The van der Waals surface area contributed by atoms with Gasteiger partial charge < -0.3 is 14.3 Å². The summed E-state index contributed by atoms with van der Waals surface area (Å²) in [5, 5.41) is 17.1. The molecule has 0 aliphatic carbocycles. The van der Waals surface area contributed by atoms with Crippen LogP contribution in [0.4, 0.5) is 0 Å². The third-order valence-corrected chi connectivity index (χ3v) is 6.37. The second-order valence-corrected chi connectivity index (χ2v) is 8.58. The first-order valence-electron chi connectivity index (χ1n) is 10.4. The van der Waals surface area contributed by atoms with Crippen LogP contribution >= 0.6 is 9.24 Å². The molecule has 5 aromatic rings. The summed E-state index contributed by atoms with van der Waals surface area (Å²) in [4.78, 5) is 23.0. The van der Waals surface area contributed by atoms with E-state index in [1.54, 1.807) is 29.2 Å². The molecule has 11 nitrogen and oxygen atoms in total. The van der Waals surface area contributed by atoms with Crippen LogP contribution in [0.15, 0.2) is 41.2 Å². The third-order valence-electron chi connectivity index (χ3n) is 5.93. The molecule has 0 spiro atoms. The molecule has 1 aliphatic heterocycles. The van der Waals surface area contributed by atoms with E-state index in [1.165, 1.54) is 0 Å². The maximum Gasteiger partial charge on any atom is 0.312 e. The number of pyridine rings is 1. The molecule has 12 heteroatoms. The van der Waals surface area contributed by atoms with Crippen molar-refractivity contribution in [1.29, 1.82) is 0 Å². The number of hydrogen-bond donors (Lipinski definition) is 1. The van der Waals surface area contributed by atoms with Crippen molar-refractivity contribution in [3.63, 3.8) is 0 Å². The number of aryl methyl sites for hydroxylation is 2. The van der Waals surface area contributed by atoms with Crippen LogP contribution in [0, 0.1) is 6.92 Å². The highest BCUT2D eigenvalue weighted by Crippen LogP contribution is 2.34. The molecule has 0 bridgehead atoms. The first kappa shape index (κ1) is 19.8. The molecule has 1 unspecified atom stereocenters. The molecule has 1 N–H and O–H groups in total. The van der Waals surface area contributed by atoms with Crippen LogP contribution in [-0.4, -0.2) is 56.9 Å². The minimum absolute atomic E-state index is 0.0786. The Balaban J connectivity index is 1.42. The smallest absolute Gasteiger partial charge is 0.312 e. The lowest BCUT2D eigenvalue weighted by molar-refractivity contribution is 0.0646. The Morgan fingerprint density at radius 1 is 1.30 bits per heavy atom. The summed E-state index contributed by atoms with van der Waals surface area (Å²) in [5.41, 5.74) is 5.89. The van der Waals surface area contributed by atoms with Crippen LogP contribution in [0.25, 0.3) is 17.1 Å². The quantitative estimate of drug-likeness (QED) is 0.403. The standard InChI is InChI=1S/C21H20N9O2P/c1-11-9-24-28(2)17(11)19-25-26-20(32-19)21(31)29-7-6-13-16(23-10-22-13)18(29)14-8-12-4-3-5-15(33)30(12)27-14/h3-5,8-10,18H,6-7,33H2,1-2H3,(H,22,23)/t18-/m1/s1. The van der Waals surface area contributed by atoms with Crippen molar-refractivity contribution < 1.29 is 9.21 Å². The van der Waals surface area contributed by atoms with Gasteiger partial charge in [-0.05, 0) is 30.7 Å². The summed E-state index contributed by atoms with van der Waals surface area (Å²) in [6.07, 6.45) is 4.00. The Hall–Kier alpha value is -3.85. The number of carbonyl (C=O) groups excluding carboxylic acids is 1. The fraction of sp³-hybridized carbons (Fsp3) is 0.238. The van der Waals surface area contributed by atoms with Gasteiger partial charge in [0, 0.05) is 25.7 Å². The monoisotopic (exact) mass is 461 g/mol. The predicted octanol–water partition coefficient (Wildman–Crippen LogP) is 1.44. The lowest BCUT2D eigenvalue weighted by Gasteiger charge is -2.32. The van der Waals surface area contributed by atoms with E-state index in [1.807, 2.05) is 35.7 Å². The fourth-order valence-electron chi connectivity index (χ4n) is 4.37. The molecule has 6 heterocycles. The average Bonchev–Trinajstić information content (AvgIpc) is 3.59. The second-order valence-electron chi connectivity index (χ2n) is 7.99. The van der Waals surface area contributed by atoms with Gasteiger partial charge in [0.1, 0.15) is 11.7 Å². The van der Waals surface area contributed by atoms with Gasteiger partial charge in [-0.25, -0.2) is 9.50 Å². The summed E-state index contributed by atoms with van der Waals surface area (Å²) < 4.78 is 9.28. The highest BCUT2D eigenvalue weighted by molar-refractivity contribution is 7.27. The molecular formula is C21H20N9O2P. The van der Waals surface area contributed by atoms with Gasteiger partial charge >= 0.3 is 11.8 Å². The number of nitrogens with one attached hydrogen (secondary N) is 1. The molecule has 2 atom stereocenters. The summed E-state index contributed by atoms with van der Waals surface area (Å²) in [7, 11) is 4.47. The molecule has 0 saturated carbocycles. The number of fused-ring (bicyclic) bond motifs is 2. The van der Waals surface area contributed by atoms with Crippen molar-refractivity contribution in [3.8, 4) is 11.6 Å². The van der Waals surface area contributed by atoms with Crippen molar-refractivity contribution in [2.24, 2.45) is 7.05 Å². The predicted molar refractivity (Wildman–Crippen MR) is 121 cm³/mol. The summed E-state index contributed by atoms with van der Waals surface area (Å²) >= 11 is 0. The van der Waals surface area contributed by atoms with E-state index >= 15 is 0 Å². The van der Waals surface area contributed by atoms with Crippen LogP contribution in [0.2, 0.25) is 0 Å². The normalized spacial score (nSPS) is 15.8. The van der Waals surface area contributed by atoms with Crippen LogP contribution in [0.5, 0.6) is 0 Å². The van der Waals surface area contributed by atoms with Gasteiger partial charge in [0.05, 0.1) is 34.9 Å². The van der Waals surface area contributed by atoms with E-state index < -0.39 is 6.04 Å². The maximum absolute atomic E-state index is 13.6. The lowest BCUT2D eigenvalue weighted by atomic mass is 9.99. The van der Waals surface area contributed by atoms with Crippen molar-refractivity contribution in [3.05, 3.63) is 65.3 Å².